The molecule has 1 aromatic heterocycles. The summed E-state index contributed by atoms with van der Waals surface area (Å²) in [4.78, 5) is 15.8. The van der Waals surface area contributed by atoms with Crippen LogP contribution >= 0.6 is 15.9 Å². The summed E-state index contributed by atoms with van der Waals surface area (Å²) in [6.45, 7) is 0. The minimum Gasteiger partial charge on any atom is -0.497 e. The van der Waals surface area contributed by atoms with Gasteiger partial charge in [0.1, 0.15) is 11.6 Å². The summed E-state index contributed by atoms with van der Waals surface area (Å²) in [5.74, 6) is 1.15. The van der Waals surface area contributed by atoms with Crippen LogP contribution in [0.3, 0.4) is 0 Å². The summed E-state index contributed by atoms with van der Waals surface area (Å²) in [5.41, 5.74) is 0.645. The number of aromatic nitrogens is 1. The van der Waals surface area contributed by atoms with E-state index in [4.69, 9.17) is 4.74 Å². The van der Waals surface area contributed by atoms with Crippen LogP contribution in [0.15, 0.2) is 47.1 Å². The highest BCUT2D eigenvalue weighted by atomic mass is 79.9. The summed E-state index contributed by atoms with van der Waals surface area (Å²) in [5, 5.41) is 5.34. The molecule has 0 radical (unpaired) electrons. The standard InChI is InChI=1S/C13H12BrN3O2/c1-19-11-4-2-3-10(8-11)16-13(18)17-12-7-9(14)5-6-15-12/h2-8H,1H3,(H2,15,16,17,18). The number of hydrogen-bond donors (Lipinski definition) is 2. The number of rotatable bonds is 3. The van der Waals surface area contributed by atoms with E-state index in [2.05, 4.69) is 31.5 Å². The topological polar surface area (TPSA) is 63.2 Å². The van der Waals surface area contributed by atoms with Crippen molar-refractivity contribution in [1.82, 2.24) is 4.98 Å². The van der Waals surface area contributed by atoms with Crippen molar-refractivity contribution in [3.05, 3.63) is 47.1 Å². The average Bonchev–Trinajstić information content (AvgIpc) is 2.38. The molecule has 5 nitrogen and oxygen atoms in total. The number of pyridine rings is 1. The van der Waals surface area contributed by atoms with E-state index in [9.17, 15) is 4.79 Å². The Balaban J connectivity index is 2.01. The first kappa shape index (κ1) is 13.4. The lowest BCUT2D eigenvalue weighted by Crippen LogP contribution is -2.20. The van der Waals surface area contributed by atoms with Gasteiger partial charge in [0.25, 0.3) is 0 Å². The molecule has 0 atom stereocenters. The number of carbonyl (C=O) groups excluding carboxylic acids is 1. The van der Waals surface area contributed by atoms with Crippen LogP contribution in [0.4, 0.5) is 16.3 Å². The van der Waals surface area contributed by atoms with Crippen LogP contribution in [0, 0.1) is 0 Å². The molecule has 98 valence electrons. The quantitative estimate of drug-likeness (QED) is 0.909. The number of urea groups is 1. The number of nitrogens with zero attached hydrogens (tertiary/aromatic N) is 1. The lowest BCUT2D eigenvalue weighted by atomic mass is 10.3. The van der Waals surface area contributed by atoms with Gasteiger partial charge in [0.2, 0.25) is 0 Å². The number of hydrogen-bond acceptors (Lipinski definition) is 3. The normalized spacial score (nSPS) is 9.79. The van der Waals surface area contributed by atoms with Crippen LogP contribution in [0.1, 0.15) is 0 Å². The van der Waals surface area contributed by atoms with Gasteiger partial charge in [-0.1, -0.05) is 22.0 Å². The monoisotopic (exact) mass is 321 g/mol. The minimum atomic E-state index is -0.362. The number of amides is 2. The van der Waals surface area contributed by atoms with Crippen molar-refractivity contribution < 1.29 is 9.53 Å². The van der Waals surface area contributed by atoms with Gasteiger partial charge in [0.05, 0.1) is 7.11 Å². The van der Waals surface area contributed by atoms with Gasteiger partial charge in [0, 0.05) is 22.4 Å². The number of methoxy groups -OCH3 is 1. The van der Waals surface area contributed by atoms with Crippen molar-refractivity contribution in [3.8, 4) is 5.75 Å². The molecule has 0 aliphatic carbocycles. The van der Waals surface area contributed by atoms with E-state index < -0.39 is 0 Å². The molecule has 19 heavy (non-hydrogen) atoms. The third-order valence-electron chi connectivity index (χ3n) is 2.29. The largest absolute Gasteiger partial charge is 0.497 e. The Hall–Kier alpha value is -2.08. The molecule has 0 saturated carbocycles. The molecule has 0 aliphatic rings. The van der Waals surface area contributed by atoms with Crippen LogP contribution in [0.25, 0.3) is 0 Å². The molecule has 2 rings (SSSR count). The Labute approximate surface area is 119 Å². The van der Waals surface area contributed by atoms with Crippen LogP contribution in [0.5, 0.6) is 5.75 Å². The maximum absolute atomic E-state index is 11.8. The Kier molecular flexibility index (Phi) is 4.35. The fraction of sp³-hybridized carbons (Fsp3) is 0.0769. The minimum absolute atomic E-state index is 0.362. The number of ether oxygens (including phenoxy) is 1. The smallest absolute Gasteiger partial charge is 0.324 e. The Morgan fingerprint density at radius 3 is 2.84 bits per heavy atom. The molecule has 0 aliphatic heterocycles. The van der Waals surface area contributed by atoms with Crippen molar-refractivity contribution in [3.63, 3.8) is 0 Å². The second kappa shape index (κ2) is 6.19. The molecule has 0 saturated heterocycles. The molecule has 2 aromatic rings. The van der Waals surface area contributed by atoms with E-state index in [-0.39, 0.29) is 6.03 Å². The number of anilines is 2. The summed E-state index contributed by atoms with van der Waals surface area (Å²) >= 11 is 3.31. The molecule has 0 spiro atoms. The van der Waals surface area contributed by atoms with Gasteiger partial charge in [-0.2, -0.15) is 0 Å². The van der Waals surface area contributed by atoms with Gasteiger partial charge in [0.15, 0.2) is 0 Å². The van der Waals surface area contributed by atoms with Crippen molar-refractivity contribution in [2.45, 2.75) is 0 Å². The first-order valence-corrected chi connectivity index (χ1v) is 6.30. The molecule has 2 amide bonds. The SMILES string of the molecule is COc1cccc(NC(=O)Nc2cc(Br)ccn2)c1. The first-order chi connectivity index (χ1) is 9.17. The second-order valence-corrected chi connectivity index (χ2v) is 4.59. The van der Waals surface area contributed by atoms with Crippen molar-refractivity contribution >= 4 is 33.5 Å². The van der Waals surface area contributed by atoms with Crippen LogP contribution in [0.2, 0.25) is 0 Å². The van der Waals surface area contributed by atoms with E-state index >= 15 is 0 Å². The molecule has 1 heterocycles. The zero-order valence-corrected chi connectivity index (χ0v) is 11.8. The highest BCUT2D eigenvalue weighted by Gasteiger charge is 2.04. The maximum Gasteiger partial charge on any atom is 0.324 e. The van der Waals surface area contributed by atoms with E-state index in [1.54, 1.807) is 49.7 Å². The summed E-state index contributed by atoms with van der Waals surface area (Å²) in [6, 6.07) is 10.2. The maximum atomic E-state index is 11.8. The van der Waals surface area contributed by atoms with E-state index in [0.29, 0.717) is 17.3 Å². The Morgan fingerprint density at radius 1 is 1.26 bits per heavy atom. The second-order valence-electron chi connectivity index (χ2n) is 3.67. The lowest BCUT2D eigenvalue weighted by molar-refractivity contribution is 0.262. The molecular formula is C13H12BrN3O2. The number of nitrogens with one attached hydrogen (secondary N) is 2. The van der Waals surface area contributed by atoms with Crippen molar-refractivity contribution in [2.75, 3.05) is 17.7 Å². The number of carbonyl (C=O) groups is 1. The van der Waals surface area contributed by atoms with Crippen LogP contribution in [-0.4, -0.2) is 18.1 Å². The highest BCUT2D eigenvalue weighted by Crippen LogP contribution is 2.17. The molecule has 0 fully saturated rings. The van der Waals surface area contributed by atoms with Gasteiger partial charge in [-0.15, -0.1) is 0 Å². The Bertz CT molecular complexity index is 590. The van der Waals surface area contributed by atoms with Gasteiger partial charge in [-0.3, -0.25) is 5.32 Å². The van der Waals surface area contributed by atoms with Crippen LogP contribution < -0.4 is 15.4 Å². The van der Waals surface area contributed by atoms with Gasteiger partial charge >= 0.3 is 6.03 Å². The molecule has 0 bridgehead atoms. The first-order valence-electron chi connectivity index (χ1n) is 5.51. The molecule has 2 N–H and O–H groups in total. The van der Waals surface area contributed by atoms with Gasteiger partial charge < -0.3 is 10.1 Å². The fourth-order valence-corrected chi connectivity index (χ4v) is 1.79. The van der Waals surface area contributed by atoms with E-state index in [0.717, 1.165) is 4.47 Å². The summed E-state index contributed by atoms with van der Waals surface area (Å²) in [6.07, 6.45) is 1.60. The third kappa shape index (κ3) is 3.96. The van der Waals surface area contributed by atoms with Gasteiger partial charge in [-0.25, -0.2) is 9.78 Å². The van der Waals surface area contributed by atoms with E-state index in [1.165, 1.54) is 0 Å². The van der Waals surface area contributed by atoms with Crippen LogP contribution in [-0.2, 0) is 0 Å². The van der Waals surface area contributed by atoms with Crippen molar-refractivity contribution in [1.29, 1.82) is 0 Å². The third-order valence-corrected chi connectivity index (χ3v) is 2.78. The zero-order chi connectivity index (χ0) is 13.7. The summed E-state index contributed by atoms with van der Waals surface area (Å²) in [7, 11) is 1.57. The summed E-state index contributed by atoms with van der Waals surface area (Å²) < 4.78 is 5.93. The fourth-order valence-electron chi connectivity index (χ4n) is 1.45. The predicted octanol–water partition coefficient (Wildman–Crippen LogP) is 3.50. The zero-order valence-electron chi connectivity index (χ0n) is 10.2. The van der Waals surface area contributed by atoms with Crippen molar-refractivity contribution in [2.24, 2.45) is 0 Å². The number of benzene rings is 1. The van der Waals surface area contributed by atoms with Gasteiger partial charge in [-0.05, 0) is 24.3 Å². The van der Waals surface area contributed by atoms with E-state index in [1.807, 2.05) is 0 Å². The molecule has 6 heteroatoms. The highest BCUT2D eigenvalue weighted by molar-refractivity contribution is 9.10. The Morgan fingerprint density at radius 2 is 2.11 bits per heavy atom. The molecular weight excluding hydrogens is 310 g/mol. The number of halogens is 1. The average molecular weight is 322 g/mol. The lowest BCUT2D eigenvalue weighted by Gasteiger charge is -2.08. The predicted molar refractivity (Wildman–Crippen MR) is 77.6 cm³/mol. The molecule has 0 unspecified atom stereocenters. The molecule has 1 aromatic carbocycles.